The Morgan fingerprint density at radius 1 is 1.26 bits per heavy atom. The molecule has 19 heavy (non-hydrogen) atoms. The summed E-state index contributed by atoms with van der Waals surface area (Å²) in [5, 5.41) is 0.136. The van der Waals surface area contributed by atoms with E-state index in [1.54, 1.807) is 4.90 Å². The fraction of sp³-hybridized carbons (Fsp3) is 0.364. The fourth-order valence-electron chi connectivity index (χ4n) is 1.70. The number of likely N-dealkylation sites (tertiary alicyclic amines) is 1. The van der Waals surface area contributed by atoms with Crippen LogP contribution in [0.1, 0.15) is 16.8 Å². The Kier molecular flexibility index (Phi) is 4.06. The molecule has 0 aliphatic carbocycles. The number of hydrogen-bond acceptors (Lipinski definition) is 3. The highest BCUT2D eigenvalue weighted by atomic mass is 35.5. The number of carbonyl (C=O) groups excluding carboxylic acids is 1. The first-order chi connectivity index (χ1) is 8.86. The maximum atomic E-state index is 12.1. The molecule has 0 aromatic heterocycles. The third kappa shape index (κ3) is 2.72. The zero-order chi connectivity index (χ0) is 14.2. The summed E-state index contributed by atoms with van der Waals surface area (Å²) >= 11 is 11.8. The van der Waals surface area contributed by atoms with Gasteiger partial charge in [-0.25, -0.2) is 13.1 Å². The van der Waals surface area contributed by atoms with Crippen molar-refractivity contribution in [2.24, 2.45) is 0 Å². The number of benzene rings is 1. The first-order valence-corrected chi connectivity index (χ1v) is 7.82. The molecule has 0 radical (unpaired) electrons. The van der Waals surface area contributed by atoms with Gasteiger partial charge in [0.05, 0.1) is 15.6 Å². The molecule has 1 aromatic carbocycles. The maximum absolute atomic E-state index is 12.1. The van der Waals surface area contributed by atoms with E-state index in [4.69, 9.17) is 23.2 Å². The minimum Gasteiger partial charge on any atom is -0.338 e. The van der Waals surface area contributed by atoms with E-state index in [0.29, 0.717) is 13.1 Å². The molecule has 1 heterocycles. The monoisotopic (exact) mass is 322 g/mol. The summed E-state index contributed by atoms with van der Waals surface area (Å²) in [6, 6.07) is 2.50. The van der Waals surface area contributed by atoms with Crippen LogP contribution in [0.5, 0.6) is 0 Å². The molecule has 1 aromatic rings. The van der Waals surface area contributed by atoms with E-state index >= 15 is 0 Å². The summed E-state index contributed by atoms with van der Waals surface area (Å²) < 4.78 is 25.8. The quantitative estimate of drug-likeness (QED) is 0.921. The van der Waals surface area contributed by atoms with Crippen molar-refractivity contribution >= 4 is 39.1 Å². The molecular weight excluding hydrogens is 311 g/mol. The Balaban J connectivity index is 2.50. The van der Waals surface area contributed by atoms with Crippen LogP contribution in [0.2, 0.25) is 10.0 Å². The van der Waals surface area contributed by atoms with Gasteiger partial charge >= 0.3 is 0 Å². The third-order valence-electron chi connectivity index (χ3n) is 2.95. The van der Waals surface area contributed by atoms with Crippen LogP contribution in [0.15, 0.2) is 17.0 Å². The molecule has 0 atom stereocenters. The number of halogens is 2. The second kappa shape index (κ2) is 5.28. The maximum Gasteiger partial charge on any atom is 0.255 e. The van der Waals surface area contributed by atoms with E-state index in [1.165, 1.54) is 19.2 Å². The topological polar surface area (TPSA) is 66.5 Å². The van der Waals surface area contributed by atoms with Gasteiger partial charge in [-0.2, -0.15) is 0 Å². The summed E-state index contributed by atoms with van der Waals surface area (Å²) in [5.41, 5.74) is 0.152. The van der Waals surface area contributed by atoms with Crippen molar-refractivity contribution in [1.82, 2.24) is 9.62 Å². The van der Waals surface area contributed by atoms with Gasteiger partial charge in [-0.3, -0.25) is 4.79 Å². The number of carbonyl (C=O) groups is 1. The van der Waals surface area contributed by atoms with Crippen LogP contribution in [-0.4, -0.2) is 39.4 Å². The Morgan fingerprint density at radius 3 is 2.37 bits per heavy atom. The van der Waals surface area contributed by atoms with Crippen molar-refractivity contribution < 1.29 is 13.2 Å². The standard InChI is InChI=1S/C11H12Cl2N2O3S/c1-14-19(17,18)10-5-7(8(12)6-9(10)13)11(16)15-3-2-4-15/h5-6,14H,2-4H2,1H3. The summed E-state index contributed by atoms with van der Waals surface area (Å²) in [4.78, 5) is 13.6. The minimum atomic E-state index is -3.73. The second-order valence-corrected chi connectivity index (χ2v) is 6.79. The van der Waals surface area contributed by atoms with Crippen molar-refractivity contribution in [2.75, 3.05) is 20.1 Å². The first-order valence-electron chi connectivity index (χ1n) is 5.58. The van der Waals surface area contributed by atoms with Crippen LogP contribution in [0.3, 0.4) is 0 Å². The summed E-state index contributed by atoms with van der Waals surface area (Å²) in [6.45, 7) is 1.32. The van der Waals surface area contributed by atoms with Gasteiger partial charge in [-0.1, -0.05) is 23.2 Å². The lowest BCUT2D eigenvalue weighted by atomic mass is 10.1. The molecule has 0 saturated carbocycles. The normalized spacial score (nSPS) is 15.2. The zero-order valence-electron chi connectivity index (χ0n) is 10.1. The van der Waals surface area contributed by atoms with Crippen LogP contribution in [0.4, 0.5) is 0 Å². The molecule has 1 N–H and O–H groups in total. The zero-order valence-corrected chi connectivity index (χ0v) is 12.4. The molecular formula is C11H12Cl2N2O3S. The predicted molar refractivity (Wildman–Crippen MR) is 73.2 cm³/mol. The van der Waals surface area contributed by atoms with E-state index in [0.717, 1.165) is 6.42 Å². The molecule has 8 heteroatoms. The predicted octanol–water partition coefficient (Wildman–Crippen LogP) is 1.75. The van der Waals surface area contributed by atoms with Gasteiger partial charge in [0, 0.05) is 13.1 Å². The van der Waals surface area contributed by atoms with Crippen molar-refractivity contribution in [3.8, 4) is 0 Å². The highest BCUT2D eigenvalue weighted by molar-refractivity contribution is 7.89. The average Bonchev–Trinajstić information content (AvgIpc) is 2.26. The summed E-state index contributed by atoms with van der Waals surface area (Å²) in [5.74, 6) is -0.277. The molecule has 0 unspecified atom stereocenters. The number of rotatable bonds is 3. The second-order valence-electron chi connectivity index (χ2n) is 4.12. The van der Waals surface area contributed by atoms with E-state index in [9.17, 15) is 13.2 Å². The molecule has 0 bridgehead atoms. The smallest absolute Gasteiger partial charge is 0.255 e. The van der Waals surface area contributed by atoms with Gasteiger partial charge in [0.2, 0.25) is 10.0 Å². The van der Waals surface area contributed by atoms with E-state index in [1.807, 2.05) is 0 Å². The molecule has 104 valence electrons. The van der Waals surface area contributed by atoms with Gasteiger partial charge < -0.3 is 4.90 Å². The minimum absolute atomic E-state index is 0.0143. The SMILES string of the molecule is CNS(=O)(=O)c1cc(C(=O)N2CCC2)c(Cl)cc1Cl. The van der Waals surface area contributed by atoms with Crippen molar-refractivity contribution in [3.63, 3.8) is 0 Å². The van der Waals surface area contributed by atoms with Crippen LogP contribution >= 0.6 is 23.2 Å². The third-order valence-corrected chi connectivity index (χ3v) is 5.15. The van der Waals surface area contributed by atoms with Gasteiger partial charge in [-0.15, -0.1) is 0 Å². The molecule has 0 spiro atoms. The van der Waals surface area contributed by atoms with E-state index < -0.39 is 10.0 Å². The Hall–Kier alpha value is -0.820. The van der Waals surface area contributed by atoms with Gasteiger partial charge in [-0.05, 0) is 25.6 Å². The fourth-order valence-corrected chi connectivity index (χ4v) is 3.28. The number of hydrogen-bond donors (Lipinski definition) is 1. The molecule has 5 nitrogen and oxygen atoms in total. The van der Waals surface area contributed by atoms with Crippen LogP contribution in [-0.2, 0) is 10.0 Å². The number of nitrogens with zero attached hydrogens (tertiary/aromatic N) is 1. The number of amides is 1. The first kappa shape index (κ1) is 14.6. The van der Waals surface area contributed by atoms with E-state index in [-0.39, 0.29) is 26.4 Å². The molecule has 1 fully saturated rings. The van der Waals surface area contributed by atoms with Crippen LogP contribution in [0, 0.1) is 0 Å². The Morgan fingerprint density at radius 2 is 1.89 bits per heavy atom. The van der Waals surface area contributed by atoms with Crippen molar-refractivity contribution in [3.05, 3.63) is 27.7 Å². The lowest BCUT2D eigenvalue weighted by molar-refractivity contribution is 0.0652. The molecule has 1 aliphatic rings. The molecule has 1 aliphatic heterocycles. The van der Waals surface area contributed by atoms with Crippen LogP contribution in [0.25, 0.3) is 0 Å². The average molecular weight is 323 g/mol. The highest BCUT2D eigenvalue weighted by Gasteiger charge is 2.26. The molecule has 1 amide bonds. The highest BCUT2D eigenvalue weighted by Crippen LogP contribution is 2.30. The lowest BCUT2D eigenvalue weighted by Crippen LogP contribution is -2.42. The van der Waals surface area contributed by atoms with E-state index in [2.05, 4.69) is 4.72 Å². The van der Waals surface area contributed by atoms with Gasteiger partial charge in [0.15, 0.2) is 0 Å². The largest absolute Gasteiger partial charge is 0.338 e. The van der Waals surface area contributed by atoms with Gasteiger partial charge in [0.1, 0.15) is 4.90 Å². The Bertz CT molecular complexity index is 627. The Labute approximate surface area is 121 Å². The van der Waals surface area contributed by atoms with Crippen molar-refractivity contribution in [2.45, 2.75) is 11.3 Å². The summed E-state index contributed by atoms with van der Waals surface area (Å²) in [7, 11) is -2.45. The van der Waals surface area contributed by atoms with Crippen molar-refractivity contribution in [1.29, 1.82) is 0 Å². The lowest BCUT2D eigenvalue weighted by Gasteiger charge is -2.31. The number of nitrogens with one attached hydrogen (secondary N) is 1. The molecule has 1 saturated heterocycles. The summed E-state index contributed by atoms with van der Waals surface area (Å²) in [6.07, 6.45) is 0.943. The van der Waals surface area contributed by atoms with Gasteiger partial charge in [0.25, 0.3) is 5.91 Å². The molecule has 2 rings (SSSR count). The van der Waals surface area contributed by atoms with Crippen LogP contribution < -0.4 is 4.72 Å². The number of sulfonamides is 1.